The molecule has 0 saturated carbocycles. The van der Waals surface area contributed by atoms with Gasteiger partial charge in [-0.2, -0.15) is 0 Å². The zero-order valence-electron chi connectivity index (χ0n) is 15.5. The largest absolute Gasteiger partial charge is 0.459 e. The first-order chi connectivity index (χ1) is 13.0. The quantitative estimate of drug-likeness (QED) is 0.603. The first kappa shape index (κ1) is 20.6. The molecular weight excluding hydrogens is 364 g/mol. The van der Waals surface area contributed by atoms with E-state index in [1.807, 2.05) is 0 Å². The highest BCUT2D eigenvalue weighted by atomic mass is 32.1. The number of amides is 2. The number of rotatable bonds is 8. The molecule has 0 saturated heterocycles. The number of carbonyl (C=O) groups excluding carboxylic acids is 2. The Morgan fingerprint density at radius 3 is 2.37 bits per heavy atom. The molecule has 0 aliphatic rings. The van der Waals surface area contributed by atoms with Crippen LogP contribution in [0.1, 0.15) is 34.8 Å². The highest BCUT2D eigenvalue weighted by Crippen LogP contribution is 2.10. The number of likely N-dealkylation sites (N-methyl/N-ethyl adjacent to an activating group) is 1. The maximum absolute atomic E-state index is 12.2. The Labute approximate surface area is 164 Å². The SMILES string of the molecule is CCN(CC)CCNC(=O)c1ccc(NC(=S)NC(=O)c2ccco2)cc1. The number of hydrogen-bond donors (Lipinski definition) is 3. The van der Waals surface area contributed by atoms with Gasteiger partial charge in [-0.3, -0.25) is 14.9 Å². The van der Waals surface area contributed by atoms with Crippen LogP contribution < -0.4 is 16.0 Å². The summed E-state index contributed by atoms with van der Waals surface area (Å²) in [6.45, 7) is 7.54. The fourth-order valence-electron chi connectivity index (χ4n) is 2.41. The van der Waals surface area contributed by atoms with Crippen LogP contribution in [0, 0.1) is 0 Å². The van der Waals surface area contributed by atoms with Crippen LogP contribution in [-0.4, -0.2) is 48.0 Å². The fourth-order valence-corrected chi connectivity index (χ4v) is 2.62. The third-order valence-corrected chi connectivity index (χ3v) is 4.19. The zero-order valence-corrected chi connectivity index (χ0v) is 16.3. The van der Waals surface area contributed by atoms with Crippen LogP contribution in [0.25, 0.3) is 0 Å². The molecular formula is C19H24N4O3S. The molecule has 144 valence electrons. The van der Waals surface area contributed by atoms with Gasteiger partial charge in [0.2, 0.25) is 0 Å². The number of nitrogens with zero attached hydrogens (tertiary/aromatic N) is 1. The van der Waals surface area contributed by atoms with Crippen LogP contribution in [-0.2, 0) is 0 Å². The van der Waals surface area contributed by atoms with E-state index in [4.69, 9.17) is 16.6 Å². The Morgan fingerprint density at radius 1 is 1.07 bits per heavy atom. The number of anilines is 1. The van der Waals surface area contributed by atoms with Crippen molar-refractivity contribution in [3.63, 3.8) is 0 Å². The van der Waals surface area contributed by atoms with Gasteiger partial charge in [-0.1, -0.05) is 13.8 Å². The van der Waals surface area contributed by atoms with Crippen molar-refractivity contribution >= 4 is 34.8 Å². The summed E-state index contributed by atoms with van der Waals surface area (Å²) in [6, 6.07) is 10.0. The van der Waals surface area contributed by atoms with Gasteiger partial charge in [0.25, 0.3) is 11.8 Å². The van der Waals surface area contributed by atoms with E-state index in [0.717, 1.165) is 19.6 Å². The average molecular weight is 388 g/mol. The number of nitrogens with one attached hydrogen (secondary N) is 3. The summed E-state index contributed by atoms with van der Waals surface area (Å²) in [6.07, 6.45) is 1.41. The molecule has 2 aromatic rings. The van der Waals surface area contributed by atoms with E-state index in [-0.39, 0.29) is 16.8 Å². The Morgan fingerprint density at radius 2 is 1.78 bits per heavy atom. The van der Waals surface area contributed by atoms with Gasteiger partial charge in [0.05, 0.1) is 6.26 Å². The van der Waals surface area contributed by atoms with Gasteiger partial charge in [-0.25, -0.2) is 0 Å². The topological polar surface area (TPSA) is 86.6 Å². The molecule has 8 heteroatoms. The molecule has 2 rings (SSSR count). The molecule has 3 N–H and O–H groups in total. The molecule has 0 spiro atoms. The Kier molecular flexibility index (Phi) is 7.97. The van der Waals surface area contributed by atoms with E-state index in [2.05, 4.69) is 34.7 Å². The molecule has 0 aliphatic heterocycles. The summed E-state index contributed by atoms with van der Waals surface area (Å²) in [7, 11) is 0. The lowest BCUT2D eigenvalue weighted by Gasteiger charge is -2.18. The first-order valence-electron chi connectivity index (χ1n) is 8.80. The van der Waals surface area contributed by atoms with Crippen LogP contribution in [0.2, 0.25) is 0 Å². The summed E-state index contributed by atoms with van der Waals surface area (Å²) < 4.78 is 5.00. The zero-order chi connectivity index (χ0) is 19.6. The number of hydrogen-bond acceptors (Lipinski definition) is 5. The van der Waals surface area contributed by atoms with Crippen molar-refractivity contribution in [1.29, 1.82) is 0 Å². The maximum atomic E-state index is 12.2. The Bertz CT molecular complexity index is 756. The molecule has 1 aromatic heterocycles. The smallest absolute Gasteiger partial charge is 0.293 e. The van der Waals surface area contributed by atoms with Gasteiger partial charge < -0.3 is 20.0 Å². The molecule has 0 aliphatic carbocycles. The molecule has 1 heterocycles. The second kappa shape index (κ2) is 10.4. The van der Waals surface area contributed by atoms with E-state index in [1.165, 1.54) is 6.26 Å². The number of furan rings is 1. The summed E-state index contributed by atoms with van der Waals surface area (Å²) >= 11 is 5.11. The molecule has 27 heavy (non-hydrogen) atoms. The molecule has 0 bridgehead atoms. The normalized spacial score (nSPS) is 10.5. The minimum absolute atomic E-state index is 0.123. The van der Waals surface area contributed by atoms with Gasteiger partial charge in [0.1, 0.15) is 0 Å². The lowest BCUT2D eigenvalue weighted by molar-refractivity contribution is 0.0942. The van der Waals surface area contributed by atoms with Crippen molar-refractivity contribution in [2.24, 2.45) is 0 Å². The summed E-state index contributed by atoms with van der Waals surface area (Å²) in [5.74, 6) is -0.375. The highest BCUT2D eigenvalue weighted by molar-refractivity contribution is 7.80. The van der Waals surface area contributed by atoms with Crippen LogP contribution in [0.5, 0.6) is 0 Å². The maximum Gasteiger partial charge on any atom is 0.293 e. The molecule has 0 fully saturated rings. The lowest BCUT2D eigenvalue weighted by atomic mass is 10.2. The first-order valence-corrected chi connectivity index (χ1v) is 9.20. The Hall–Kier alpha value is -2.71. The number of benzene rings is 1. The van der Waals surface area contributed by atoms with E-state index in [1.54, 1.807) is 36.4 Å². The second-order valence-electron chi connectivity index (χ2n) is 5.75. The van der Waals surface area contributed by atoms with Gasteiger partial charge >= 0.3 is 0 Å². The number of carbonyl (C=O) groups is 2. The van der Waals surface area contributed by atoms with Crippen molar-refractivity contribution < 1.29 is 14.0 Å². The van der Waals surface area contributed by atoms with E-state index >= 15 is 0 Å². The molecule has 7 nitrogen and oxygen atoms in total. The van der Waals surface area contributed by atoms with Crippen LogP contribution in [0.3, 0.4) is 0 Å². The molecule has 1 aromatic carbocycles. The van der Waals surface area contributed by atoms with Crippen molar-refractivity contribution in [2.45, 2.75) is 13.8 Å². The van der Waals surface area contributed by atoms with Crippen molar-refractivity contribution in [1.82, 2.24) is 15.5 Å². The molecule has 0 unspecified atom stereocenters. The van der Waals surface area contributed by atoms with Crippen LogP contribution in [0.15, 0.2) is 47.1 Å². The summed E-state index contributed by atoms with van der Waals surface area (Å²) in [5.41, 5.74) is 1.23. The monoisotopic (exact) mass is 388 g/mol. The van der Waals surface area contributed by atoms with Gasteiger partial charge in [-0.15, -0.1) is 0 Å². The minimum atomic E-state index is -0.429. The van der Waals surface area contributed by atoms with Crippen molar-refractivity contribution in [2.75, 3.05) is 31.5 Å². The van der Waals surface area contributed by atoms with E-state index in [0.29, 0.717) is 17.8 Å². The third-order valence-electron chi connectivity index (χ3n) is 3.99. The van der Waals surface area contributed by atoms with Crippen LogP contribution in [0.4, 0.5) is 5.69 Å². The molecule has 0 radical (unpaired) electrons. The van der Waals surface area contributed by atoms with Gasteiger partial charge in [0.15, 0.2) is 10.9 Å². The molecule has 2 amide bonds. The lowest BCUT2D eigenvalue weighted by Crippen LogP contribution is -2.35. The Balaban J connectivity index is 1.81. The predicted octanol–water partition coefficient (Wildman–Crippen LogP) is 2.48. The van der Waals surface area contributed by atoms with Crippen LogP contribution >= 0.6 is 12.2 Å². The molecule has 0 atom stereocenters. The number of thiocarbonyl (C=S) groups is 1. The highest BCUT2D eigenvalue weighted by Gasteiger charge is 2.11. The summed E-state index contributed by atoms with van der Waals surface area (Å²) in [4.78, 5) is 26.3. The minimum Gasteiger partial charge on any atom is -0.459 e. The van der Waals surface area contributed by atoms with Gasteiger partial charge in [-0.05, 0) is 61.7 Å². The second-order valence-corrected chi connectivity index (χ2v) is 6.15. The van der Waals surface area contributed by atoms with Gasteiger partial charge in [0, 0.05) is 24.3 Å². The van der Waals surface area contributed by atoms with Crippen molar-refractivity contribution in [3.8, 4) is 0 Å². The predicted molar refractivity (Wildman–Crippen MR) is 109 cm³/mol. The summed E-state index contributed by atoms with van der Waals surface area (Å²) in [5, 5.41) is 8.47. The van der Waals surface area contributed by atoms with E-state index in [9.17, 15) is 9.59 Å². The fraction of sp³-hybridized carbons (Fsp3) is 0.316. The standard InChI is InChI=1S/C19H24N4O3S/c1-3-23(4-2)12-11-20-17(24)14-7-9-15(10-8-14)21-19(27)22-18(25)16-6-5-13-26-16/h5-10,13H,3-4,11-12H2,1-2H3,(H,20,24)(H2,21,22,25,27). The third kappa shape index (κ3) is 6.50. The van der Waals surface area contributed by atoms with Crippen molar-refractivity contribution in [3.05, 3.63) is 54.0 Å². The average Bonchev–Trinajstić information content (AvgIpc) is 3.20. The van der Waals surface area contributed by atoms with E-state index < -0.39 is 5.91 Å².